The van der Waals surface area contributed by atoms with E-state index in [0.29, 0.717) is 5.82 Å². The largest absolute Gasteiger partial charge is 0.496 e. The number of nitrogens with two attached hydrogens (primary N) is 1. The average molecular weight is 310 g/mol. The lowest BCUT2D eigenvalue weighted by atomic mass is 9.96. The van der Waals surface area contributed by atoms with E-state index in [1.807, 2.05) is 6.92 Å². The molecule has 2 rings (SSSR count). The van der Waals surface area contributed by atoms with Gasteiger partial charge >= 0.3 is 0 Å². The molecule has 1 heterocycles. The summed E-state index contributed by atoms with van der Waals surface area (Å²) in [6.45, 7) is 6.15. The van der Waals surface area contributed by atoms with Gasteiger partial charge in [-0.3, -0.25) is 5.10 Å². The molecule has 0 saturated heterocycles. The van der Waals surface area contributed by atoms with Crippen LogP contribution in [0.15, 0.2) is 10.5 Å². The minimum absolute atomic E-state index is 0.468. The van der Waals surface area contributed by atoms with Gasteiger partial charge in [0.15, 0.2) is 5.82 Å². The number of anilines is 1. The van der Waals surface area contributed by atoms with Crippen LogP contribution in [0.1, 0.15) is 16.7 Å². The molecule has 0 bridgehead atoms. The second-order valence-corrected chi connectivity index (χ2v) is 5.12. The van der Waals surface area contributed by atoms with Crippen LogP contribution >= 0.6 is 15.9 Å². The Morgan fingerprint density at radius 2 is 1.94 bits per heavy atom. The van der Waals surface area contributed by atoms with E-state index in [4.69, 9.17) is 10.5 Å². The SMILES string of the molecule is COc1c(C)cc(-c2[nH]nc(N)c2Br)c(C)c1C. The molecular weight excluding hydrogens is 294 g/mol. The number of rotatable bonds is 2. The number of benzene rings is 1. The van der Waals surface area contributed by atoms with Crippen molar-refractivity contribution in [3.05, 3.63) is 27.2 Å². The minimum atomic E-state index is 0.468. The molecule has 0 aliphatic rings. The van der Waals surface area contributed by atoms with Gasteiger partial charge < -0.3 is 10.5 Å². The Hall–Kier alpha value is -1.49. The molecule has 0 radical (unpaired) electrons. The van der Waals surface area contributed by atoms with Crippen molar-refractivity contribution in [3.63, 3.8) is 0 Å². The summed E-state index contributed by atoms with van der Waals surface area (Å²) in [5, 5.41) is 6.97. The second kappa shape index (κ2) is 4.65. The molecule has 18 heavy (non-hydrogen) atoms. The van der Waals surface area contributed by atoms with Gasteiger partial charge in [0, 0.05) is 5.56 Å². The predicted octanol–water partition coefficient (Wildman–Crippen LogP) is 3.36. The molecule has 3 N–H and O–H groups in total. The molecule has 96 valence electrons. The first-order chi connectivity index (χ1) is 8.47. The van der Waals surface area contributed by atoms with Crippen molar-refractivity contribution in [3.8, 4) is 17.0 Å². The summed E-state index contributed by atoms with van der Waals surface area (Å²) in [5.74, 6) is 1.40. The number of nitrogens with zero attached hydrogens (tertiary/aromatic N) is 1. The van der Waals surface area contributed by atoms with Crippen LogP contribution in [-0.2, 0) is 0 Å². The highest BCUT2D eigenvalue weighted by atomic mass is 79.9. The Balaban J connectivity index is 2.70. The standard InChI is InChI=1S/C13H16BrN3O/c1-6-5-9(7(2)8(3)12(6)18-4)11-10(14)13(15)17-16-11/h5H,1-4H3,(H3,15,16,17). The van der Waals surface area contributed by atoms with Crippen LogP contribution < -0.4 is 10.5 Å². The van der Waals surface area contributed by atoms with E-state index in [9.17, 15) is 0 Å². The zero-order chi connectivity index (χ0) is 13.4. The van der Waals surface area contributed by atoms with Crippen molar-refractivity contribution in [2.45, 2.75) is 20.8 Å². The van der Waals surface area contributed by atoms with E-state index >= 15 is 0 Å². The summed E-state index contributed by atoms with van der Waals surface area (Å²) in [6.07, 6.45) is 0. The summed E-state index contributed by atoms with van der Waals surface area (Å²) < 4.78 is 6.22. The molecule has 2 aromatic rings. The van der Waals surface area contributed by atoms with Crippen LogP contribution in [0.3, 0.4) is 0 Å². The van der Waals surface area contributed by atoms with Gasteiger partial charge in [-0.2, -0.15) is 5.10 Å². The van der Waals surface area contributed by atoms with Gasteiger partial charge in [-0.05, 0) is 59.5 Å². The number of hydrogen-bond acceptors (Lipinski definition) is 3. The summed E-state index contributed by atoms with van der Waals surface area (Å²) in [4.78, 5) is 0. The third-order valence-electron chi connectivity index (χ3n) is 3.23. The van der Waals surface area contributed by atoms with Crippen molar-refractivity contribution in [2.24, 2.45) is 0 Å². The van der Waals surface area contributed by atoms with Gasteiger partial charge in [-0.25, -0.2) is 0 Å². The zero-order valence-electron chi connectivity index (χ0n) is 10.9. The fourth-order valence-electron chi connectivity index (χ4n) is 2.15. The number of halogens is 1. The molecule has 0 fully saturated rings. The van der Waals surface area contributed by atoms with Gasteiger partial charge in [0.2, 0.25) is 0 Å². The van der Waals surface area contributed by atoms with E-state index in [0.717, 1.165) is 38.2 Å². The van der Waals surface area contributed by atoms with Crippen LogP contribution in [0.2, 0.25) is 0 Å². The third-order valence-corrected chi connectivity index (χ3v) is 4.03. The van der Waals surface area contributed by atoms with Gasteiger partial charge in [0.25, 0.3) is 0 Å². The van der Waals surface area contributed by atoms with Gasteiger partial charge in [-0.1, -0.05) is 0 Å². The van der Waals surface area contributed by atoms with Crippen molar-refractivity contribution in [1.82, 2.24) is 10.2 Å². The number of hydrogen-bond donors (Lipinski definition) is 2. The maximum absolute atomic E-state index is 5.75. The molecule has 0 amide bonds. The molecule has 1 aromatic heterocycles. The highest BCUT2D eigenvalue weighted by Crippen LogP contribution is 2.37. The fraction of sp³-hybridized carbons (Fsp3) is 0.308. The van der Waals surface area contributed by atoms with E-state index in [1.165, 1.54) is 0 Å². The average Bonchev–Trinajstić information content (AvgIpc) is 2.66. The van der Waals surface area contributed by atoms with Crippen LogP contribution in [0.25, 0.3) is 11.3 Å². The predicted molar refractivity (Wildman–Crippen MR) is 76.9 cm³/mol. The Labute approximate surface area is 115 Å². The first-order valence-corrected chi connectivity index (χ1v) is 6.41. The summed E-state index contributed by atoms with van der Waals surface area (Å²) >= 11 is 3.46. The topological polar surface area (TPSA) is 63.9 Å². The molecule has 0 atom stereocenters. The van der Waals surface area contributed by atoms with Crippen molar-refractivity contribution in [1.29, 1.82) is 0 Å². The molecule has 0 unspecified atom stereocenters. The number of ether oxygens (including phenoxy) is 1. The number of aryl methyl sites for hydroxylation is 1. The molecule has 5 heteroatoms. The zero-order valence-corrected chi connectivity index (χ0v) is 12.5. The van der Waals surface area contributed by atoms with Crippen molar-refractivity contribution >= 4 is 21.7 Å². The number of aromatic amines is 1. The maximum Gasteiger partial charge on any atom is 0.160 e. The first kappa shape index (κ1) is 13.0. The molecule has 4 nitrogen and oxygen atoms in total. The third kappa shape index (κ3) is 1.88. The van der Waals surface area contributed by atoms with Crippen LogP contribution in [0.4, 0.5) is 5.82 Å². The Morgan fingerprint density at radius 3 is 2.44 bits per heavy atom. The summed E-state index contributed by atoms with van der Waals surface area (Å²) in [6, 6.07) is 2.08. The van der Waals surface area contributed by atoms with Gasteiger partial charge in [-0.15, -0.1) is 0 Å². The van der Waals surface area contributed by atoms with Gasteiger partial charge in [0.05, 0.1) is 17.3 Å². The number of nitrogen functional groups attached to an aromatic ring is 1. The van der Waals surface area contributed by atoms with Crippen LogP contribution in [-0.4, -0.2) is 17.3 Å². The minimum Gasteiger partial charge on any atom is -0.496 e. The Bertz CT molecular complexity index is 605. The molecule has 0 saturated carbocycles. The number of aromatic nitrogens is 2. The van der Waals surface area contributed by atoms with Crippen LogP contribution in [0, 0.1) is 20.8 Å². The molecule has 0 spiro atoms. The lowest BCUT2D eigenvalue weighted by molar-refractivity contribution is 0.408. The number of methoxy groups -OCH3 is 1. The van der Waals surface area contributed by atoms with Gasteiger partial charge in [0.1, 0.15) is 5.75 Å². The quantitative estimate of drug-likeness (QED) is 0.894. The molecule has 1 aromatic carbocycles. The second-order valence-electron chi connectivity index (χ2n) is 4.32. The Morgan fingerprint density at radius 1 is 1.28 bits per heavy atom. The monoisotopic (exact) mass is 309 g/mol. The lowest BCUT2D eigenvalue weighted by Crippen LogP contribution is -1.97. The molecule has 0 aliphatic carbocycles. The first-order valence-electron chi connectivity index (χ1n) is 5.61. The van der Waals surface area contributed by atoms with E-state index in [2.05, 4.69) is 46.0 Å². The number of nitrogens with one attached hydrogen (secondary N) is 1. The summed E-state index contributed by atoms with van der Waals surface area (Å²) in [5.41, 5.74) is 11.1. The number of H-pyrrole nitrogens is 1. The van der Waals surface area contributed by atoms with Crippen LogP contribution in [0.5, 0.6) is 5.75 Å². The highest BCUT2D eigenvalue weighted by molar-refractivity contribution is 9.10. The van der Waals surface area contributed by atoms with E-state index in [1.54, 1.807) is 7.11 Å². The Kier molecular flexibility index (Phi) is 3.34. The van der Waals surface area contributed by atoms with E-state index < -0.39 is 0 Å². The summed E-state index contributed by atoms with van der Waals surface area (Å²) in [7, 11) is 1.69. The highest BCUT2D eigenvalue weighted by Gasteiger charge is 2.16. The molecular formula is C13H16BrN3O. The van der Waals surface area contributed by atoms with Crippen molar-refractivity contribution in [2.75, 3.05) is 12.8 Å². The fourth-order valence-corrected chi connectivity index (χ4v) is 2.54. The molecule has 0 aliphatic heterocycles. The lowest BCUT2D eigenvalue weighted by Gasteiger charge is -2.15. The smallest absolute Gasteiger partial charge is 0.160 e. The maximum atomic E-state index is 5.75. The normalized spacial score (nSPS) is 10.7. The van der Waals surface area contributed by atoms with E-state index in [-0.39, 0.29) is 0 Å². The van der Waals surface area contributed by atoms with Crippen molar-refractivity contribution < 1.29 is 4.74 Å².